The molecule has 1 rings (SSSR count). The van der Waals surface area contributed by atoms with Gasteiger partial charge in [-0.3, -0.25) is 4.79 Å². The maximum atomic E-state index is 10.6. The number of carboxylic acids is 1. The molecule has 13 heavy (non-hydrogen) atoms. The van der Waals surface area contributed by atoms with Crippen LogP contribution in [-0.2, 0) is 14.3 Å². The average Bonchev–Trinajstić information content (AvgIpc) is 2.15. The van der Waals surface area contributed by atoms with Gasteiger partial charge in [-0.25, -0.2) is 4.79 Å². The molecule has 0 saturated carbocycles. The van der Waals surface area contributed by atoms with Gasteiger partial charge in [-0.1, -0.05) is 30.3 Å². The van der Waals surface area contributed by atoms with Crippen molar-refractivity contribution in [2.45, 2.75) is 6.10 Å². The Morgan fingerprint density at radius 3 is 2.46 bits per heavy atom. The lowest BCUT2D eigenvalue weighted by Gasteiger charge is -2.09. The first kappa shape index (κ1) is 9.25. The van der Waals surface area contributed by atoms with Crippen molar-refractivity contribution < 1.29 is 19.4 Å². The van der Waals surface area contributed by atoms with Gasteiger partial charge in [0, 0.05) is 5.56 Å². The quantitative estimate of drug-likeness (QED) is 0.701. The third-order valence-electron chi connectivity index (χ3n) is 1.52. The smallest absolute Gasteiger partial charge is 0.349 e. The number of carbonyl (C=O) groups excluding carboxylic acids is 1. The second kappa shape index (κ2) is 4.25. The number of ether oxygens (including phenoxy) is 1. The number of rotatable bonds is 4. The van der Waals surface area contributed by atoms with Crippen LogP contribution in [0.15, 0.2) is 30.3 Å². The topological polar surface area (TPSA) is 63.6 Å². The molecule has 0 aromatic heterocycles. The van der Waals surface area contributed by atoms with Crippen LogP contribution in [0.4, 0.5) is 0 Å². The molecular weight excluding hydrogens is 172 g/mol. The standard InChI is InChI=1S/C9H8O4/c10-6-13-8(9(11)12)7-4-2-1-3-5-7/h1-6,8H,(H,11,12)/t8-/m0/s1. The van der Waals surface area contributed by atoms with Crippen molar-refractivity contribution in [2.75, 3.05) is 0 Å². The van der Waals surface area contributed by atoms with E-state index in [-0.39, 0.29) is 6.47 Å². The van der Waals surface area contributed by atoms with E-state index < -0.39 is 12.1 Å². The van der Waals surface area contributed by atoms with Crippen molar-refractivity contribution >= 4 is 12.4 Å². The Bertz CT molecular complexity index is 294. The summed E-state index contributed by atoms with van der Waals surface area (Å²) in [6.45, 7) is 0.131. The van der Waals surface area contributed by atoms with Crippen LogP contribution in [0.2, 0.25) is 0 Å². The number of hydrogen-bond acceptors (Lipinski definition) is 3. The molecule has 68 valence electrons. The fourth-order valence-corrected chi connectivity index (χ4v) is 0.963. The number of carboxylic acid groups (broad SMARTS) is 1. The van der Waals surface area contributed by atoms with E-state index in [2.05, 4.69) is 4.74 Å². The van der Waals surface area contributed by atoms with Crippen molar-refractivity contribution in [1.29, 1.82) is 0 Å². The van der Waals surface area contributed by atoms with Gasteiger partial charge in [0.15, 0.2) is 0 Å². The molecule has 1 aromatic carbocycles. The highest BCUT2D eigenvalue weighted by molar-refractivity contribution is 5.75. The molecule has 0 aliphatic carbocycles. The second-order valence-electron chi connectivity index (χ2n) is 2.36. The van der Waals surface area contributed by atoms with E-state index in [0.29, 0.717) is 5.56 Å². The van der Waals surface area contributed by atoms with E-state index in [1.807, 2.05) is 0 Å². The molecule has 0 saturated heterocycles. The number of hydrogen-bond donors (Lipinski definition) is 1. The minimum absolute atomic E-state index is 0.131. The molecule has 0 fully saturated rings. The highest BCUT2D eigenvalue weighted by Crippen LogP contribution is 2.15. The second-order valence-corrected chi connectivity index (χ2v) is 2.36. The first-order valence-corrected chi connectivity index (χ1v) is 3.62. The molecule has 4 heteroatoms. The maximum absolute atomic E-state index is 10.6. The fourth-order valence-electron chi connectivity index (χ4n) is 0.963. The summed E-state index contributed by atoms with van der Waals surface area (Å²) in [5.74, 6) is -1.18. The molecule has 0 unspecified atom stereocenters. The molecule has 0 aliphatic heterocycles. The Morgan fingerprint density at radius 2 is 2.00 bits per heavy atom. The third kappa shape index (κ3) is 2.30. The number of aliphatic carboxylic acids is 1. The van der Waals surface area contributed by atoms with E-state index in [1.165, 1.54) is 0 Å². The summed E-state index contributed by atoms with van der Waals surface area (Å²) in [4.78, 5) is 20.6. The summed E-state index contributed by atoms with van der Waals surface area (Å²) in [6.07, 6.45) is -1.21. The monoisotopic (exact) mass is 180 g/mol. The van der Waals surface area contributed by atoms with Gasteiger partial charge in [0.1, 0.15) is 0 Å². The molecule has 0 bridgehead atoms. The summed E-state index contributed by atoms with van der Waals surface area (Å²) >= 11 is 0. The summed E-state index contributed by atoms with van der Waals surface area (Å²) in [5.41, 5.74) is 0.446. The zero-order valence-corrected chi connectivity index (χ0v) is 6.71. The molecular formula is C9H8O4. The lowest BCUT2D eigenvalue weighted by Crippen LogP contribution is -2.14. The van der Waals surface area contributed by atoms with Crippen LogP contribution >= 0.6 is 0 Å². The van der Waals surface area contributed by atoms with Crippen LogP contribution in [0.5, 0.6) is 0 Å². The highest BCUT2D eigenvalue weighted by Gasteiger charge is 2.19. The van der Waals surface area contributed by atoms with Crippen LogP contribution < -0.4 is 0 Å². The molecule has 0 radical (unpaired) electrons. The van der Waals surface area contributed by atoms with Crippen molar-refractivity contribution in [2.24, 2.45) is 0 Å². The van der Waals surface area contributed by atoms with Crippen molar-refractivity contribution in [1.82, 2.24) is 0 Å². The Balaban J connectivity index is 2.88. The van der Waals surface area contributed by atoms with E-state index >= 15 is 0 Å². The van der Waals surface area contributed by atoms with Gasteiger partial charge in [-0.05, 0) is 0 Å². The summed E-state index contributed by atoms with van der Waals surface area (Å²) in [6, 6.07) is 8.28. The Labute approximate surface area is 74.8 Å². The third-order valence-corrected chi connectivity index (χ3v) is 1.52. The molecule has 1 atom stereocenters. The first-order chi connectivity index (χ1) is 6.25. The summed E-state index contributed by atoms with van der Waals surface area (Å²) in [5, 5.41) is 8.67. The van der Waals surface area contributed by atoms with Gasteiger partial charge in [-0.15, -0.1) is 0 Å². The minimum atomic E-state index is -1.21. The number of carbonyl (C=O) groups is 2. The fraction of sp³-hybridized carbons (Fsp3) is 0.111. The predicted octanol–water partition coefficient (Wildman–Crippen LogP) is 0.985. The van der Waals surface area contributed by atoms with Gasteiger partial charge >= 0.3 is 5.97 Å². The van der Waals surface area contributed by atoms with E-state index in [4.69, 9.17) is 5.11 Å². The molecule has 4 nitrogen and oxygen atoms in total. The zero-order chi connectivity index (χ0) is 9.68. The highest BCUT2D eigenvalue weighted by atomic mass is 16.5. The largest absolute Gasteiger partial charge is 0.478 e. The normalized spacial score (nSPS) is 11.7. The van der Waals surface area contributed by atoms with Crippen LogP contribution in [0.25, 0.3) is 0 Å². The lowest BCUT2D eigenvalue weighted by atomic mass is 10.1. The van der Waals surface area contributed by atoms with E-state index in [0.717, 1.165) is 0 Å². The average molecular weight is 180 g/mol. The van der Waals surface area contributed by atoms with Crippen LogP contribution in [-0.4, -0.2) is 17.5 Å². The Morgan fingerprint density at radius 1 is 1.38 bits per heavy atom. The number of benzene rings is 1. The van der Waals surface area contributed by atoms with Gasteiger partial charge in [0.2, 0.25) is 6.10 Å². The minimum Gasteiger partial charge on any atom is -0.478 e. The van der Waals surface area contributed by atoms with Crippen LogP contribution in [0.3, 0.4) is 0 Å². The Kier molecular flexibility index (Phi) is 3.03. The van der Waals surface area contributed by atoms with E-state index in [1.54, 1.807) is 30.3 Å². The maximum Gasteiger partial charge on any atom is 0.349 e. The molecule has 1 N–H and O–H groups in total. The zero-order valence-electron chi connectivity index (χ0n) is 6.71. The van der Waals surface area contributed by atoms with Gasteiger partial charge < -0.3 is 9.84 Å². The SMILES string of the molecule is O=CO[C@H](C(=O)O)c1ccccc1. The first-order valence-electron chi connectivity index (χ1n) is 3.62. The summed E-state index contributed by atoms with van der Waals surface area (Å²) in [7, 11) is 0. The molecule has 0 spiro atoms. The molecule has 1 aromatic rings. The molecule has 0 aliphatic rings. The van der Waals surface area contributed by atoms with Crippen LogP contribution in [0.1, 0.15) is 11.7 Å². The lowest BCUT2D eigenvalue weighted by molar-refractivity contribution is -0.156. The van der Waals surface area contributed by atoms with Gasteiger partial charge in [-0.2, -0.15) is 0 Å². The van der Waals surface area contributed by atoms with Crippen molar-refractivity contribution in [3.05, 3.63) is 35.9 Å². The summed E-state index contributed by atoms with van der Waals surface area (Å²) < 4.78 is 4.41. The van der Waals surface area contributed by atoms with E-state index in [9.17, 15) is 9.59 Å². The van der Waals surface area contributed by atoms with Gasteiger partial charge in [0.25, 0.3) is 6.47 Å². The predicted molar refractivity (Wildman–Crippen MR) is 44.0 cm³/mol. The molecule has 0 heterocycles. The van der Waals surface area contributed by atoms with Crippen molar-refractivity contribution in [3.8, 4) is 0 Å². The van der Waals surface area contributed by atoms with Crippen molar-refractivity contribution in [3.63, 3.8) is 0 Å². The molecule has 0 amide bonds. The Hall–Kier alpha value is -1.84. The van der Waals surface area contributed by atoms with Gasteiger partial charge in [0.05, 0.1) is 0 Å². The van der Waals surface area contributed by atoms with Crippen LogP contribution in [0, 0.1) is 0 Å².